The van der Waals surface area contributed by atoms with Gasteiger partial charge < -0.3 is 13.9 Å². The molecule has 3 nitrogen and oxygen atoms in total. The number of aromatic nitrogens is 1. The normalized spacial score (nSPS) is 11.9. The van der Waals surface area contributed by atoms with E-state index in [0.717, 1.165) is 55.8 Å². The van der Waals surface area contributed by atoms with E-state index in [4.69, 9.17) is 4.42 Å². The Balaban J connectivity index is 0.995. The number of rotatable bonds is 6. The molecule has 11 aromatic carbocycles. The van der Waals surface area contributed by atoms with Crippen LogP contribution in [0.1, 0.15) is 0 Å². The van der Waals surface area contributed by atoms with E-state index in [1.165, 1.54) is 74.6 Å². The predicted octanol–water partition coefficient (Wildman–Crippen LogP) is 18.2. The average molecular weight is 859 g/mol. The van der Waals surface area contributed by atoms with Crippen molar-refractivity contribution in [2.24, 2.45) is 0 Å². The van der Waals surface area contributed by atoms with Crippen molar-refractivity contribution >= 4 is 114 Å². The van der Waals surface area contributed by atoms with E-state index >= 15 is 0 Å². The maximum absolute atomic E-state index is 7.03. The Morgan fingerprint density at radius 3 is 1.83 bits per heavy atom. The zero-order chi connectivity index (χ0) is 43.3. The van der Waals surface area contributed by atoms with E-state index in [0.29, 0.717) is 0 Å². The number of nitrogens with zero attached hydrogens (tertiary/aromatic N) is 2. The van der Waals surface area contributed by atoms with Crippen molar-refractivity contribution in [3.05, 3.63) is 231 Å². The number of hydrogen-bond donors (Lipinski definition) is 0. The fourth-order valence-electron chi connectivity index (χ4n) is 10.6. The van der Waals surface area contributed by atoms with Crippen LogP contribution in [0.25, 0.3) is 113 Å². The summed E-state index contributed by atoms with van der Waals surface area (Å²) in [5, 5.41) is 12.2. The van der Waals surface area contributed by atoms with Crippen molar-refractivity contribution < 1.29 is 4.42 Å². The summed E-state index contributed by atoms with van der Waals surface area (Å²) >= 11 is 1.85. The van der Waals surface area contributed by atoms with Crippen molar-refractivity contribution in [3.63, 3.8) is 0 Å². The van der Waals surface area contributed by atoms with Gasteiger partial charge in [-0.05, 0) is 111 Å². The number of para-hydroxylation sites is 3. The van der Waals surface area contributed by atoms with Crippen LogP contribution in [-0.4, -0.2) is 4.57 Å². The quantitative estimate of drug-likeness (QED) is 0.155. The average Bonchev–Trinajstić information content (AvgIpc) is 4.07. The monoisotopic (exact) mass is 858 g/mol. The van der Waals surface area contributed by atoms with Crippen LogP contribution in [0.5, 0.6) is 0 Å². The number of benzene rings is 11. The third-order valence-electron chi connectivity index (χ3n) is 13.6. The third-order valence-corrected chi connectivity index (χ3v) is 14.8. The minimum Gasteiger partial charge on any atom is -0.455 e. The van der Waals surface area contributed by atoms with Gasteiger partial charge in [0.05, 0.1) is 32.5 Å². The number of anilines is 3. The molecule has 0 bridgehead atoms. The summed E-state index contributed by atoms with van der Waals surface area (Å²) in [6.45, 7) is 0. The van der Waals surface area contributed by atoms with Crippen LogP contribution in [-0.2, 0) is 0 Å². The fourth-order valence-corrected chi connectivity index (χ4v) is 11.8. The molecule has 14 rings (SSSR count). The molecular formula is C62H38N2OS. The van der Waals surface area contributed by atoms with Gasteiger partial charge >= 0.3 is 0 Å². The zero-order valence-corrected chi connectivity index (χ0v) is 36.5. The SMILES string of the molecule is c1cc(-c2ccc(N(c3ccc(-c4cc5ccccc5c5ccccc45)cc3)c3cccc4c3sc3ccccc34)c3c2oc2ccccc23)cc(-n2c3ccccc3c3ccccc32)c1. The summed E-state index contributed by atoms with van der Waals surface area (Å²) in [6.07, 6.45) is 0. The number of fused-ring (bicyclic) bond motifs is 12. The second-order valence-electron chi connectivity index (χ2n) is 17.2. The Labute approximate surface area is 384 Å². The summed E-state index contributed by atoms with van der Waals surface area (Å²) in [5.74, 6) is 0. The van der Waals surface area contributed by atoms with Crippen molar-refractivity contribution in [2.75, 3.05) is 4.90 Å². The van der Waals surface area contributed by atoms with Crippen LogP contribution in [0.2, 0.25) is 0 Å². The molecule has 308 valence electrons. The van der Waals surface area contributed by atoms with Gasteiger partial charge in [0.15, 0.2) is 0 Å². The molecule has 3 heterocycles. The van der Waals surface area contributed by atoms with Gasteiger partial charge in [-0.2, -0.15) is 0 Å². The summed E-state index contributed by atoms with van der Waals surface area (Å²) in [5.41, 5.74) is 13.0. The van der Waals surface area contributed by atoms with E-state index in [1.807, 2.05) is 11.3 Å². The number of hydrogen-bond acceptors (Lipinski definition) is 3. The number of thiophene rings is 1. The highest BCUT2D eigenvalue weighted by molar-refractivity contribution is 7.26. The number of furan rings is 1. The highest BCUT2D eigenvalue weighted by Gasteiger charge is 2.25. The molecule has 0 saturated carbocycles. The van der Waals surface area contributed by atoms with Gasteiger partial charge in [-0.25, -0.2) is 0 Å². The maximum Gasteiger partial charge on any atom is 0.145 e. The molecule has 0 fully saturated rings. The predicted molar refractivity (Wildman–Crippen MR) is 282 cm³/mol. The van der Waals surface area contributed by atoms with Crippen LogP contribution >= 0.6 is 11.3 Å². The fraction of sp³-hybridized carbons (Fsp3) is 0. The molecule has 0 atom stereocenters. The molecule has 0 unspecified atom stereocenters. The molecule has 14 aromatic rings. The van der Waals surface area contributed by atoms with Crippen LogP contribution in [0.4, 0.5) is 17.1 Å². The first-order valence-electron chi connectivity index (χ1n) is 22.5. The summed E-state index contributed by atoms with van der Waals surface area (Å²) < 4.78 is 11.9. The molecule has 0 N–H and O–H groups in total. The molecule has 4 heteroatoms. The topological polar surface area (TPSA) is 21.3 Å². The molecule has 66 heavy (non-hydrogen) atoms. The first kappa shape index (κ1) is 37.0. The summed E-state index contributed by atoms with van der Waals surface area (Å²) in [6, 6.07) is 83.9. The van der Waals surface area contributed by atoms with Gasteiger partial charge in [0.1, 0.15) is 11.2 Å². The van der Waals surface area contributed by atoms with Crippen molar-refractivity contribution in [1.82, 2.24) is 4.57 Å². The Morgan fingerprint density at radius 1 is 0.394 bits per heavy atom. The highest BCUT2D eigenvalue weighted by atomic mass is 32.1. The Bertz CT molecular complexity index is 4190. The zero-order valence-electron chi connectivity index (χ0n) is 35.7. The second-order valence-corrected chi connectivity index (χ2v) is 18.2. The van der Waals surface area contributed by atoms with Gasteiger partial charge in [-0.3, -0.25) is 0 Å². The van der Waals surface area contributed by atoms with Crippen molar-refractivity contribution in [3.8, 4) is 27.9 Å². The van der Waals surface area contributed by atoms with Crippen LogP contribution < -0.4 is 4.90 Å². The van der Waals surface area contributed by atoms with E-state index in [2.05, 4.69) is 240 Å². The Hall–Kier alpha value is -8.44. The van der Waals surface area contributed by atoms with E-state index < -0.39 is 0 Å². The van der Waals surface area contributed by atoms with E-state index in [9.17, 15) is 0 Å². The van der Waals surface area contributed by atoms with Gasteiger partial charge in [0.25, 0.3) is 0 Å². The molecule has 0 radical (unpaired) electrons. The Morgan fingerprint density at radius 2 is 1.03 bits per heavy atom. The van der Waals surface area contributed by atoms with Gasteiger partial charge in [-0.15, -0.1) is 11.3 Å². The second kappa shape index (κ2) is 14.5. The molecule has 0 aliphatic rings. The molecule has 3 aromatic heterocycles. The largest absolute Gasteiger partial charge is 0.455 e. The molecular weight excluding hydrogens is 821 g/mol. The van der Waals surface area contributed by atoms with E-state index in [1.54, 1.807) is 0 Å². The lowest BCUT2D eigenvalue weighted by atomic mass is 9.93. The minimum absolute atomic E-state index is 0.860. The highest BCUT2D eigenvalue weighted by Crippen LogP contribution is 2.50. The van der Waals surface area contributed by atoms with Crippen molar-refractivity contribution in [2.45, 2.75) is 0 Å². The lowest BCUT2D eigenvalue weighted by Gasteiger charge is -2.27. The molecule has 0 aliphatic heterocycles. The lowest BCUT2D eigenvalue weighted by molar-refractivity contribution is 0.670. The lowest BCUT2D eigenvalue weighted by Crippen LogP contribution is -2.10. The Kier molecular flexibility index (Phi) is 8.15. The molecule has 0 spiro atoms. The van der Waals surface area contributed by atoms with Gasteiger partial charge in [0, 0.05) is 48.6 Å². The van der Waals surface area contributed by atoms with Gasteiger partial charge in [-0.1, -0.05) is 158 Å². The summed E-state index contributed by atoms with van der Waals surface area (Å²) in [7, 11) is 0. The van der Waals surface area contributed by atoms with Gasteiger partial charge in [0.2, 0.25) is 0 Å². The smallest absolute Gasteiger partial charge is 0.145 e. The standard InChI is InChI=1S/C62H38N2OS/c1-2-18-44-41(15-1)38-53(47-20-4-3-19-46(44)47)39-31-33-42(34-32-39)63(57-28-14-25-51-50-23-8-12-30-59(50)66-62(51)57)56-36-35-45(61-60(56)52-24-7-11-29-58(52)65-61)40-16-13-17-43(37-40)64-54-26-9-5-21-48(54)49-22-6-10-27-55(49)64/h1-38H. The van der Waals surface area contributed by atoms with Crippen LogP contribution in [0.3, 0.4) is 0 Å². The van der Waals surface area contributed by atoms with Crippen LogP contribution in [0, 0.1) is 0 Å². The van der Waals surface area contributed by atoms with Crippen LogP contribution in [0.15, 0.2) is 235 Å². The first-order chi connectivity index (χ1) is 32.7. The molecule has 0 aliphatic carbocycles. The van der Waals surface area contributed by atoms with E-state index in [-0.39, 0.29) is 0 Å². The maximum atomic E-state index is 7.03. The summed E-state index contributed by atoms with van der Waals surface area (Å²) in [4.78, 5) is 2.46. The van der Waals surface area contributed by atoms with Crippen molar-refractivity contribution in [1.29, 1.82) is 0 Å². The minimum atomic E-state index is 0.860. The first-order valence-corrected chi connectivity index (χ1v) is 23.3. The molecule has 0 amide bonds. The third kappa shape index (κ3) is 5.55. The molecule has 0 saturated heterocycles.